The van der Waals surface area contributed by atoms with Crippen molar-refractivity contribution in [3.63, 3.8) is 0 Å². The summed E-state index contributed by atoms with van der Waals surface area (Å²) >= 11 is 0. The lowest BCUT2D eigenvalue weighted by Crippen LogP contribution is -2.29. The first-order valence-corrected chi connectivity index (χ1v) is 7.28. The summed E-state index contributed by atoms with van der Waals surface area (Å²) in [7, 11) is 0. The molecule has 1 amide bonds. The molecule has 5 heteroatoms. The van der Waals surface area contributed by atoms with Gasteiger partial charge in [-0.05, 0) is 18.6 Å². The molecule has 0 saturated heterocycles. The van der Waals surface area contributed by atoms with Gasteiger partial charge in [-0.2, -0.15) is 0 Å². The molecule has 1 aliphatic heterocycles. The largest absolute Gasteiger partial charge is 0.332 e. The lowest BCUT2D eigenvalue weighted by atomic mass is 10.1. The maximum absolute atomic E-state index is 12.7. The molecule has 5 nitrogen and oxygen atoms in total. The van der Waals surface area contributed by atoms with E-state index in [-0.39, 0.29) is 11.6 Å². The van der Waals surface area contributed by atoms with E-state index in [4.69, 9.17) is 0 Å². The van der Waals surface area contributed by atoms with Crippen LogP contribution in [0.1, 0.15) is 23.6 Å². The Morgan fingerprint density at radius 2 is 1.83 bits per heavy atom. The zero-order chi connectivity index (χ0) is 16.4. The van der Waals surface area contributed by atoms with Gasteiger partial charge in [0.15, 0.2) is 5.71 Å². The number of hydrogen-bond acceptors (Lipinski definition) is 4. The van der Waals surface area contributed by atoms with Gasteiger partial charge in [-0.15, -0.1) is 0 Å². The highest BCUT2D eigenvalue weighted by atomic mass is 16.7. The van der Waals surface area contributed by atoms with Gasteiger partial charge in [0, 0.05) is 12.5 Å². The molecule has 2 aromatic carbocycles. The van der Waals surface area contributed by atoms with Crippen molar-refractivity contribution in [2.45, 2.75) is 20.4 Å². The summed E-state index contributed by atoms with van der Waals surface area (Å²) < 4.78 is 0. The average Bonchev–Trinajstić information content (AvgIpc) is 2.80. The topological polar surface area (TPSA) is 59.0 Å². The third-order valence-electron chi connectivity index (χ3n) is 3.62. The Bertz CT molecular complexity index is 794. The summed E-state index contributed by atoms with van der Waals surface area (Å²) in [6.45, 7) is 3.71. The van der Waals surface area contributed by atoms with Gasteiger partial charge in [-0.1, -0.05) is 53.2 Å². The molecule has 0 aliphatic carbocycles. The lowest BCUT2D eigenvalue weighted by molar-refractivity contribution is -0.140. The van der Waals surface area contributed by atoms with Crippen LogP contribution in [0.2, 0.25) is 0 Å². The molecule has 2 aromatic rings. The van der Waals surface area contributed by atoms with Crippen LogP contribution in [0, 0.1) is 6.92 Å². The predicted molar refractivity (Wildman–Crippen MR) is 87.1 cm³/mol. The van der Waals surface area contributed by atoms with Crippen LogP contribution in [0.15, 0.2) is 53.7 Å². The number of para-hydroxylation sites is 1. The molecule has 116 valence electrons. The molecule has 1 aliphatic rings. The lowest BCUT2D eigenvalue weighted by Gasteiger charge is -2.16. The van der Waals surface area contributed by atoms with Crippen LogP contribution in [-0.4, -0.2) is 17.6 Å². The van der Waals surface area contributed by atoms with Crippen LogP contribution in [0.3, 0.4) is 0 Å². The van der Waals surface area contributed by atoms with E-state index in [0.29, 0.717) is 12.1 Å². The minimum atomic E-state index is -0.556. The molecule has 23 heavy (non-hydrogen) atoms. The third-order valence-corrected chi connectivity index (χ3v) is 3.62. The van der Waals surface area contributed by atoms with Crippen LogP contribution in [0.25, 0.3) is 0 Å². The first-order chi connectivity index (χ1) is 11.1. The van der Waals surface area contributed by atoms with Crippen molar-refractivity contribution in [3.05, 3.63) is 65.2 Å². The number of oxime groups is 1. The number of benzene rings is 2. The molecular formula is C18H16N2O3. The smallest absolute Gasteiger partial charge is 0.318 e. The molecular weight excluding hydrogens is 292 g/mol. The number of carbonyl (C=O) groups is 2. The second-order valence-electron chi connectivity index (χ2n) is 5.42. The van der Waals surface area contributed by atoms with Gasteiger partial charge >= 0.3 is 5.97 Å². The summed E-state index contributed by atoms with van der Waals surface area (Å²) in [5, 5.41) is 3.73. The Morgan fingerprint density at radius 3 is 2.52 bits per heavy atom. The minimum absolute atomic E-state index is 0.155. The molecule has 0 spiro atoms. The van der Waals surface area contributed by atoms with Crippen molar-refractivity contribution in [1.82, 2.24) is 0 Å². The molecule has 1 heterocycles. The van der Waals surface area contributed by atoms with Crippen LogP contribution >= 0.6 is 0 Å². The Balaban J connectivity index is 1.95. The number of nitrogens with zero attached hydrogens (tertiary/aromatic N) is 2. The third kappa shape index (κ3) is 2.99. The van der Waals surface area contributed by atoms with Gasteiger partial charge in [0.25, 0.3) is 5.91 Å². The normalized spacial score (nSPS) is 15.0. The quantitative estimate of drug-likeness (QED) is 0.647. The molecule has 0 atom stereocenters. The summed E-state index contributed by atoms with van der Waals surface area (Å²) in [5.74, 6) is -0.826. The van der Waals surface area contributed by atoms with Gasteiger partial charge in [0.05, 0.1) is 12.2 Å². The van der Waals surface area contributed by atoms with Gasteiger partial charge in [-0.25, -0.2) is 4.79 Å². The summed E-state index contributed by atoms with van der Waals surface area (Å²) in [6.07, 6.45) is 0. The number of rotatable bonds is 3. The number of hydrogen-bond donors (Lipinski definition) is 0. The van der Waals surface area contributed by atoms with Crippen LogP contribution in [0.4, 0.5) is 5.69 Å². The van der Waals surface area contributed by atoms with Gasteiger partial charge in [0.2, 0.25) is 0 Å². The van der Waals surface area contributed by atoms with E-state index in [1.54, 1.807) is 11.0 Å². The molecule has 0 N–H and O–H groups in total. The molecule has 0 aromatic heterocycles. The van der Waals surface area contributed by atoms with E-state index in [9.17, 15) is 9.59 Å². The molecule has 0 fully saturated rings. The molecule has 0 bridgehead atoms. The standard InChI is InChI=1S/C18H16N2O3/c1-12-7-9-14(10-8-12)11-20-16-6-4-3-5-15(16)17(18(20)22)19-23-13(2)21/h3-10H,11H2,1-2H3. The van der Waals surface area contributed by atoms with Crippen molar-refractivity contribution in [1.29, 1.82) is 0 Å². The zero-order valence-electron chi connectivity index (χ0n) is 12.9. The highest BCUT2D eigenvalue weighted by Crippen LogP contribution is 2.30. The monoisotopic (exact) mass is 308 g/mol. The number of aryl methyl sites for hydroxylation is 1. The van der Waals surface area contributed by atoms with Gasteiger partial charge in [-0.3, -0.25) is 4.79 Å². The minimum Gasteiger partial charge on any atom is -0.318 e. The number of carbonyl (C=O) groups excluding carboxylic acids is 2. The second-order valence-corrected chi connectivity index (χ2v) is 5.42. The summed E-state index contributed by atoms with van der Waals surface area (Å²) in [4.78, 5) is 29.9. The van der Waals surface area contributed by atoms with Crippen molar-refractivity contribution in [3.8, 4) is 0 Å². The fourth-order valence-electron chi connectivity index (χ4n) is 2.49. The second kappa shape index (κ2) is 6.04. The van der Waals surface area contributed by atoms with Crippen LogP contribution in [-0.2, 0) is 21.0 Å². The maximum Gasteiger partial charge on any atom is 0.332 e. The van der Waals surface area contributed by atoms with E-state index >= 15 is 0 Å². The van der Waals surface area contributed by atoms with E-state index in [1.165, 1.54) is 12.5 Å². The maximum atomic E-state index is 12.7. The summed E-state index contributed by atoms with van der Waals surface area (Å²) in [5.41, 5.74) is 3.78. The molecule has 0 radical (unpaired) electrons. The first-order valence-electron chi connectivity index (χ1n) is 7.28. The van der Waals surface area contributed by atoms with Crippen molar-refractivity contribution in [2.75, 3.05) is 4.90 Å². The van der Waals surface area contributed by atoms with Crippen LogP contribution in [0.5, 0.6) is 0 Å². The van der Waals surface area contributed by atoms with E-state index in [2.05, 4.69) is 9.99 Å². The highest BCUT2D eigenvalue weighted by molar-refractivity contribution is 6.54. The Labute approximate surface area is 134 Å². The van der Waals surface area contributed by atoms with Crippen LogP contribution < -0.4 is 4.90 Å². The van der Waals surface area contributed by atoms with Gasteiger partial charge < -0.3 is 9.74 Å². The molecule has 0 saturated carbocycles. The molecule has 0 unspecified atom stereocenters. The highest BCUT2D eigenvalue weighted by Gasteiger charge is 2.34. The number of amides is 1. The van der Waals surface area contributed by atoms with Crippen molar-refractivity contribution in [2.24, 2.45) is 5.16 Å². The van der Waals surface area contributed by atoms with E-state index < -0.39 is 5.97 Å². The predicted octanol–water partition coefficient (Wildman–Crippen LogP) is 2.81. The molecule has 3 rings (SSSR count). The SMILES string of the molecule is CC(=O)ON=C1C(=O)N(Cc2ccc(C)cc2)c2ccccc21. The fraction of sp³-hybridized carbons (Fsp3) is 0.167. The first kappa shape index (κ1) is 15.0. The Morgan fingerprint density at radius 1 is 1.13 bits per heavy atom. The van der Waals surface area contributed by atoms with Crippen molar-refractivity contribution < 1.29 is 14.4 Å². The van der Waals surface area contributed by atoms with E-state index in [0.717, 1.165) is 11.3 Å². The zero-order valence-corrected chi connectivity index (χ0v) is 12.9. The number of anilines is 1. The average molecular weight is 308 g/mol. The number of fused-ring (bicyclic) bond motifs is 1. The fourth-order valence-corrected chi connectivity index (χ4v) is 2.49. The Kier molecular flexibility index (Phi) is 3.93. The summed E-state index contributed by atoms with van der Waals surface area (Å²) in [6, 6.07) is 15.3. The van der Waals surface area contributed by atoms with E-state index in [1.807, 2.05) is 49.4 Å². The van der Waals surface area contributed by atoms with Gasteiger partial charge in [0.1, 0.15) is 0 Å². The Hall–Kier alpha value is -2.95. The van der Waals surface area contributed by atoms with Crippen molar-refractivity contribution >= 4 is 23.3 Å².